The number of nitriles is 1. The molecule has 3 rings (SSSR count). The molecule has 8 heteroatoms. The van der Waals surface area contributed by atoms with Crippen LogP contribution in [0.2, 0.25) is 0 Å². The van der Waals surface area contributed by atoms with Crippen LogP contribution in [0.5, 0.6) is 0 Å². The number of hydrogen-bond acceptors (Lipinski definition) is 4. The Bertz CT molecular complexity index is 927. The summed E-state index contributed by atoms with van der Waals surface area (Å²) in [5.41, 5.74) is -0.476. The normalized spacial score (nSPS) is 15.0. The lowest BCUT2D eigenvalue weighted by atomic mass is 10.1. The minimum atomic E-state index is -4.60. The maximum atomic E-state index is 13.1. The molecule has 1 heterocycles. The number of carbonyl (C=O) groups excluding carboxylic acids is 1. The third-order valence-corrected chi connectivity index (χ3v) is 4.59. The van der Waals surface area contributed by atoms with Gasteiger partial charge in [0.2, 0.25) is 0 Å². The summed E-state index contributed by atoms with van der Waals surface area (Å²) in [6.45, 7) is 2.59. The second-order valence-corrected chi connectivity index (χ2v) is 6.51. The van der Waals surface area contributed by atoms with Gasteiger partial charge in [-0.2, -0.15) is 18.4 Å². The molecular weight excluding hydrogens is 381 g/mol. The third-order valence-electron chi connectivity index (χ3n) is 4.59. The zero-order chi connectivity index (χ0) is 20.9. The fourth-order valence-corrected chi connectivity index (χ4v) is 3.10. The molecule has 0 spiro atoms. The number of rotatable bonds is 4. The Morgan fingerprint density at radius 3 is 2.24 bits per heavy atom. The van der Waals surface area contributed by atoms with Crippen molar-refractivity contribution in [2.75, 3.05) is 36.4 Å². The fourth-order valence-electron chi connectivity index (χ4n) is 3.10. The number of carbonyl (C=O) groups is 1. The summed E-state index contributed by atoms with van der Waals surface area (Å²) in [5.74, 6) is -0.866. The molecule has 0 saturated carbocycles. The number of para-hydroxylation sites is 2. The molecule has 1 aliphatic heterocycles. The van der Waals surface area contributed by atoms with Crippen molar-refractivity contribution in [1.29, 1.82) is 5.26 Å². The Balaban J connectivity index is 1.67. The van der Waals surface area contributed by atoms with E-state index in [-0.39, 0.29) is 11.3 Å². The van der Waals surface area contributed by atoms with Gasteiger partial charge in [0.05, 0.1) is 11.3 Å². The molecule has 1 amide bonds. The highest BCUT2D eigenvalue weighted by atomic mass is 19.4. The minimum absolute atomic E-state index is 0.241. The van der Waals surface area contributed by atoms with Crippen LogP contribution in [0.1, 0.15) is 5.56 Å². The van der Waals surface area contributed by atoms with Gasteiger partial charge in [-0.05, 0) is 24.3 Å². The highest BCUT2D eigenvalue weighted by Crippen LogP contribution is 2.34. The number of nitrogens with zero attached hydrogens (tertiary/aromatic N) is 3. The molecule has 2 aromatic rings. The molecule has 0 aliphatic carbocycles. The Morgan fingerprint density at radius 1 is 1.00 bits per heavy atom. The first-order valence-electron chi connectivity index (χ1n) is 9.02. The van der Waals surface area contributed by atoms with E-state index < -0.39 is 17.6 Å². The van der Waals surface area contributed by atoms with E-state index in [2.05, 4.69) is 10.2 Å². The maximum Gasteiger partial charge on any atom is 0.418 e. The smallest absolute Gasteiger partial charge is 0.373 e. The van der Waals surface area contributed by atoms with E-state index >= 15 is 0 Å². The molecule has 5 nitrogen and oxygen atoms in total. The molecule has 1 fully saturated rings. The van der Waals surface area contributed by atoms with Crippen LogP contribution in [0.15, 0.2) is 66.4 Å². The van der Waals surface area contributed by atoms with Crippen molar-refractivity contribution in [3.8, 4) is 6.07 Å². The molecule has 0 bridgehead atoms. The predicted molar refractivity (Wildman–Crippen MR) is 104 cm³/mol. The molecular formula is C21H19F3N4O. The zero-order valence-corrected chi connectivity index (χ0v) is 15.5. The molecule has 150 valence electrons. The van der Waals surface area contributed by atoms with Crippen molar-refractivity contribution >= 4 is 17.3 Å². The summed E-state index contributed by atoms with van der Waals surface area (Å²) in [5, 5.41) is 11.5. The topological polar surface area (TPSA) is 59.4 Å². The second kappa shape index (κ2) is 8.69. The van der Waals surface area contributed by atoms with E-state index in [1.54, 1.807) is 6.07 Å². The number of halogens is 3. The molecule has 1 saturated heterocycles. The Hall–Kier alpha value is -3.47. The van der Waals surface area contributed by atoms with Crippen LogP contribution in [0.25, 0.3) is 0 Å². The van der Waals surface area contributed by atoms with Crippen molar-refractivity contribution < 1.29 is 18.0 Å². The first kappa shape index (κ1) is 20.3. The number of amides is 1. The molecule has 0 aromatic heterocycles. The first-order chi connectivity index (χ1) is 13.9. The van der Waals surface area contributed by atoms with E-state index in [4.69, 9.17) is 0 Å². The number of anilines is 2. The number of piperazine rings is 1. The van der Waals surface area contributed by atoms with Crippen LogP contribution >= 0.6 is 0 Å². The molecule has 0 atom stereocenters. The summed E-state index contributed by atoms with van der Waals surface area (Å²) in [4.78, 5) is 16.4. The number of alkyl halides is 3. The van der Waals surface area contributed by atoms with Gasteiger partial charge in [0.1, 0.15) is 11.6 Å². The number of nitrogens with one attached hydrogen (secondary N) is 1. The largest absolute Gasteiger partial charge is 0.418 e. The molecule has 2 aromatic carbocycles. The van der Waals surface area contributed by atoms with Gasteiger partial charge in [-0.1, -0.05) is 30.3 Å². The lowest BCUT2D eigenvalue weighted by Gasteiger charge is -2.35. The van der Waals surface area contributed by atoms with Crippen molar-refractivity contribution in [3.05, 3.63) is 71.9 Å². The fraction of sp³-hybridized carbons (Fsp3) is 0.238. The lowest BCUT2D eigenvalue weighted by molar-refractivity contribution is -0.137. The van der Waals surface area contributed by atoms with E-state index in [0.29, 0.717) is 26.2 Å². The number of benzene rings is 2. The van der Waals surface area contributed by atoms with Gasteiger partial charge < -0.3 is 15.1 Å². The van der Waals surface area contributed by atoms with Crippen LogP contribution in [0, 0.1) is 11.3 Å². The second-order valence-electron chi connectivity index (χ2n) is 6.51. The van der Waals surface area contributed by atoms with Crippen LogP contribution in [-0.2, 0) is 11.0 Å². The van der Waals surface area contributed by atoms with E-state index in [0.717, 1.165) is 17.8 Å². The van der Waals surface area contributed by atoms with Crippen LogP contribution in [0.3, 0.4) is 0 Å². The van der Waals surface area contributed by atoms with Gasteiger partial charge in [-0.25, -0.2) is 0 Å². The zero-order valence-electron chi connectivity index (χ0n) is 15.5. The summed E-state index contributed by atoms with van der Waals surface area (Å²) >= 11 is 0. The molecule has 1 aliphatic rings. The summed E-state index contributed by atoms with van der Waals surface area (Å²) in [6, 6.07) is 16.3. The third kappa shape index (κ3) is 5.08. The van der Waals surface area contributed by atoms with E-state index in [9.17, 15) is 23.2 Å². The average molecular weight is 400 g/mol. The molecule has 0 radical (unpaired) electrons. The van der Waals surface area contributed by atoms with E-state index in [1.807, 2.05) is 35.2 Å². The van der Waals surface area contributed by atoms with Gasteiger partial charge in [0.15, 0.2) is 0 Å². The number of hydrogen-bond donors (Lipinski definition) is 1. The van der Waals surface area contributed by atoms with Crippen molar-refractivity contribution in [1.82, 2.24) is 4.90 Å². The van der Waals surface area contributed by atoms with Gasteiger partial charge in [-0.3, -0.25) is 4.79 Å². The Labute approximate surface area is 166 Å². The highest BCUT2D eigenvalue weighted by Gasteiger charge is 2.33. The molecule has 0 unspecified atom stereocenters. The Kier molecular flexibility index (Phi) is 6.07. The van der Waals surface area contributed by atoms with Crippen molar-refractivity contribution in [3.63, 3.8) is 0 Å². The van der Waals surface area contributed by atoms with Gasteiger partial charge in [0.25, 0.3) is 5.91 Å². The van der Waals surface area contributed by atoms with Crippen LogP contribution in [-0.4, -0.2) is 37.0 Å². The Morgan fingerprint density at radius 2 is 1.62 bits per heavy atom. The lowest BCUT2D eigenvalue weighted by Crippen LogP contribution is -2.44. The minimum Gasteiger partial charge on any atom is -0.373 e. The van der Waals surface area contributed by atoms with E-state index in [1.165, 1.54) is 18.3 Å². The summed E-state index contributed by atoms with van der Waals surface area (Å²) in [6.07, 6.45) is -3.19. The van der Waals surface area contributed by atoms with Gasteiger partial charge >= 0.3 is 6.18 Å². The molecule has 1 N–H and O–H groups in total. The van der Waals surface area contributed by atoms with Gasteiger partial charge in [-0.15, -0.1) is 0 Å². The molecule has 29 heavy (non-hydrogen) atoms. The first-order valence-corrected chi connectivity index (χ1v) is 9.02. The standard InChI is InChI=1S/C21H19F3N4O/c22-21(23,24)18-8-4-5-9-19(18)26-20(29)16(14-25)15-27-10-12-28(13-11-27)17-6-2-1-3-7-17/h1-9,15H,10-13H2,(H,26,29)/b16-15-. The van der Waals surface area contributed by atoms with Crippen molar-refractivity contribution in [2.24, 2.45) is 0 Å². The van der Waals surface area contributed by atoms with Crippen LogP contribution in [0.4, 0.5) is 24.5 Å². The predicted octanol–water partition coefficient (Wildman–Crippen LogP) is 3.87. The van der Waals surface area contributed by atoms with Crippen molar-refractivity contribution in [2.45, 2.75) is 6.18 Å². The maximum absolute atomic E-state index is 13.1. The quantitative estimate of drug-likeness (QED) is 0.625. The summed E-state index contributed by atoms with van der Waals surface area (Å²) < 4.78 is 39.3. The SMILES string of the molecule is N#C/C(=C/N1CCN(c2ccccc2)CC1)C(=O)Nc1ccccc1C(F)(F)F. The summed E-state index contributed by atoms with van der Waals surface area (Å²) in [7, 11) is 0. The van der Waals surface area contributed by atoms with Crippen LogP contribution < -0.4 is 10.2 Å². The monoisotopic (exact) mass is 400 g/mol. The van der Waals surface area contributed by atoms with Gasteiger partial charge in [0, 0.05) is 38.1 Å². The highest BCUT2D eigenvalue weighted by molar-refractivity contribution is 6.06. The average Bonchev–Trinajstić information content (AvgIpc) is 2.72.